The van der Waals surface area contributed by atoms with Crippen molar-refractivity contribution in [2.75, 3.05) is 29.6 Å². The molecule has 0 atom stereocenters. The van der Waals surface area contributed by atoms with Crippen molar-refractivity contribution in [2.24, 2.45) is 0 Å². The van der Waals surface area contributed by atoms with Crippen LogP contribution in [0.25, 0.3) is 0 Å². The van der Waals surface area contributed by atoms with Gasteiger partial charge < -0.3 is 25.2 Å². The highest BCUT2D eigenvalue weighted by atomic mass is 32.2. The summed E-state index contributed by atoms with van der Waals surface area (Å²) in [6.45, 7) is 2.36. The van der Waals surface area contributed by atoms with E-state index in [4.69, 9.17) is 14.6 Å². The molecule has 0 saturated heterocycles. The van der Waals surface area contributed by atoms with Gasteiger partial charge in [-0.3, -0.25) is 9.59 Å². The van der Waals surface area contributed by atoms with Crippen molar-refractivity contribution in [3.8, 4) is 11.5 Å². The monoisotopic (exact) mass is 442 g/mol. The smallest absolute Gasteiger partial charge is 0.331 e. The summed E-state index contributed by atoms with van der Waals surface area (Å²) in [6, 6.07) is 12.4. The van der Waals surface area contributed by atoms with Crippen LogP contribution in [0, 0.1) is 0 Å². The number of fused-ring (bicyclic) bond motifs is 1. The summed E-state index contributed by atoms with van der Waals surface area (Å²) < 4.78 is 11.0. The lowest BCUT2D eigenvalue weighted by Crippen LogP contribution is -2.16. The number of carbonyl (C=O) groups is 3. The quantitative estimate of drug-likeness (QED) is 0.423. The van der Waals surface area contributed by atoms with Crippen LogP contribution in [0.3, 0.4) is 0 Å². The van der Waals surface area contributed by atoms with Gasteiger partial charge in [0.05, 0.1) is 0 Å². The summed E-state index contributed by atoms with van der Waals surface area (Å²) in [5.41, 5.74) is 1.17. The maximum atomic E-state index is 12.2. The number of carbonyl (C=O) groups excluding carboxylic acids is 2. The number of carboxylic acid groups (broad SMARTS) is 1. The van der Waals surface area contributed by atoms with Crippen LogP contribution < -0.4 is 20.1 Å². The van der Waals surface area contributed by atoms with Crippen LogP contribution >= 0.6 is 11.8 Å². The number of thioether (sulfide) groups is 1. The Labute approximate surface area is 183 Å². The fraction of sp³-hybridized carbons (Fsp3) is 0.227. The highest BCUT2D eigenvalue weighted by molar-refractivity contribution is 7.99. The fourth-order valence-corrected chi connectivity index (χ4v) is 3.53. The van der Waals surface area contributed by atoms with Gasteiger partial charge >= 0.3 is 5.97 Å². The van der Waals surface area contributed by atoms with Crippen molar-refractivity contribution in [1.29, 1.82) is 0 Å². The highest BCUT2D eigenvalue weighted by Gasteiger charge is 2.13. The molecular formula is C22H22N2O6S. The molecule has 3 rings (SSSR count). The average Bonchev–Trinajstić information content (AvgIpc) is 2.74. The van der Waals surface area contributed by atoms with Crippen molar-refractivity contribution in [3.63, 3.8) is 0 Å². The van der Waals surface area contributed by atoms with E-state index < -0.39 is 11.9 Å². The summed E-state index contributed by atoms with van der Waals surface area (Å²) in [7, 11) is 0. The zero-order valence-corrected chi connectivity index (χ0v) is 17.7. The minimum atomic E-state index is -1.14. The second kappa shape index (κ2) is 10.5. The maximum absolute atomic E-state index is 12.2. The highest BCUT2D eigenvalue weighted by Crippen LogP contribution is 2.32. The molecule has 1 aliphatic rings. The SMILES string of the molecule is C/C(=C\C(=O)Nc1ccc(SCCC(=O)Nc2ccc3c(c2)OCCO3)cc1)C(=O)O. The van der Waals surface area contributed by atoms with Gasteiger partial charge in [0.25, 0.3) is 0 Å². The lowest BCUT2D eigenvalue weighted by Gasteiger charge is -2.19. The van der Waals surface area contributed by atoms with Gasteiger partial charge in [-0.25, -0.2) is 4.79 Å². The predicted molar refractivity (Wildman–Crippen MR) is 118 cm³/mol. The summed E-state index contributed by atoms with van der Waals surface area (Å²) in [6.07, 6.45) is 1.36. The molecule has 2 aromatic carbocycles. The molecule has 0 fully saturated rings. The number of hydrogen-bond acceptors (Lipinski definition) is 6. The molecule has 162 valence electrons. The van der Waals surface area contributed by atoms with E-state index in [1.165, 1.54) is 18.7 Å². The first kappa shape index (κ1) is 22.2. The molecule has 0 radical (unpaired) electrons. The molecule has 0 aromatic heterocycles. The Morgan fingerprint density at radius 2 is 1.68 bits per heavy atom. The number of anilines is 2. The third-order valence-corrected chi connectivity index (χ3v) is 5.24. The van der Waals surface area contributed by atoms with Crippen LogP contribution in [0.5, 0.6) is 11.5 Å². The van der Waals surface area contributed by atoms with Crippen LogP contribution in [0.2, 0.25) is 0 Å². The molecule has 9 heteroatoms. The second-order valence-electron chi connectivity index (χ2n) is 6.65. The Morgan fingerprint density at radius 1 is 1.00 bits per heavy atom. The van der Waals surface area contributed by atoms with Crippen LogP contribution in [-0.4, -0.2) is 41.9 Å². The number of rotatable bonds is 8. The molecule has 0 unspecified atom stereocenters. The van der Waals surface area contributed by atoms with E-state index in [9.17, 15) is 14.4 Å². The summed E-state index contributed by atoms with van der Waals surface area (Å²) >= 11 is 1.52. The zero-order valence-electron chi connectivity index (χ0n) is 16.8. The fourth-order valence-electron chi connectivity index (χ4n) is 2.68. The van der Waals surface area contributed by atoms with E-state index in [1.54, 1.807) is 30.3 Å². The first-order valence-electron chi connectivity index (χ1n) is 9.55. The van der Waals surface area contributed by atoms with Gasteiger partial charge in [0.15, 0.2) is 11.5 Å². The van der Waals surface area contributed by atoms with E-state index in [0.717, 1.165) is 11.0 Å². The minimum Gasteiger partial charge on any atom is -0.486 e. The molecular weight excluding hydrogens is 420 g/mol. The molecule has 1 aliphatic heterocycles. The lowest BCUT2D eigenvalue weighted by molar-refractivity contribution is -0.132. The number of ether oxygens (including phenoxy) is 2. The number of carboxylic acids is 1. The number of benzene rings is 2. The first-order chi connectivity index (χ1) is 14.9. The third-order valence-electron chi connectivity index (χ3n) is 4.23. The molecule has 3 N–H and O–H groups in total. The van der Waals surface area contributed by atoms with Gasteiger partial charge in [0, 0.05) is 46.2 Å². The van der Waals surface area contributed by atoms with Crippen molar-refractivity contribution < 1.29 is 29.0 Å². The van der Waals surface area contributed by atoms with E-state index in [-0.39, 0.29) is 11.5 Å². The molecule has 1 heterocycles. The number of hydrogen-bond donors (Lipinski definition) is 3. The Morgan fingerprint density at radius 3 is 2.39 bits per heavy atom. The van der Waals surface area contributed by atoms with Crippen LogP contribution in [-0.2, 0) is 14.4 Å². The van der Waals surface area contributed by atoms with Crippen LogP contribution in [0.4, 0.5) is 11.4 Å². The Bertz CT molecular complexity index is 1000. The lowest BCUT2D eigenvalue weighted by atomic mass is 10.2. The van der Waals surface area contributed by atoms with Crippen LogP contribution in [0.1, 0.15) is 13.3 Å². The molecule has 0 spiro atoms. The van der Waals surface area contributed by atoms with E-state index in [1.807, 2.05) is 12.1 Å². The minimum absolute atomic E-state index is 0.0424. The van der Waals surface area contributed by atoms with Gasteiger partial charge in [-0.05, 0) is 43.3 Å². The maximum Gasteiger partial charge on any atom is 0.331 e. The third kappa shape index (κ3) is 6.78. The molecule has 8 nitrogen and oxygen atoms in total. The van der Waals surface area contributed by atoms with Gasteiger partial charge in [0.2, 0.25) is 11.8 Å². The van der Waals surface area contributed by atoms with Crippen molar-refractivity contribution in [1.82, 2.24) is 0 Å². The van der Waals surface area contributed by atoms with Gasteiger partial charge in [-0.2, -0.15) is 0 Å². The Balaban J connectivity index is 1.43. The number of aliphatic carboxylic acids is 1. The normalized spacial score (nSPS) is 12.7. The van der Waals surface area contributed by atoms with Crippen LogP contribution in [0.15, 0.2) is 59.0 Å². The Kier molecular flexibility index (Phi) is 7.55. The standard InChI is InChI=1S/C22H22N2O6S/c1-14(22(27)28)12-21(26)23-15-2-5-17(6-3-15)31-11-8-20(25)24-16-4-7-18-19(13-16)30-10-9-29-18/h2-7,12-13H,8-11H2,1H3,(H,23,26)(H,24,25)(H,27,28)/b14-12+. The Hall–Kier alpha value is -3.46. The molecule has 31 heavy (non-hydrogen) atoms. The average molecular weight is 442 g/mol. The number of nitrogens with one attached hydrogen (secondary N) is 2. The molecule has 0 aliphatic carbocycles. The molecule has 0 bridgehead atoms. The van der Waals surface area contributed by atoms with E-state index >= 15 is 0 Å². The van der Waals surface area contributed by atoms with E-state index in [0.29, 0.717) is 48.3 Å². The molecule has 2 aromatic rings. The van der Waals surface area contributed by atoms with Gasteiger partial charge in [0.1, 0.15) is 13.2 Å². The molecule has 0 saturated carbocycles. The largest absolute Gasteiger partial charge is 0.486 e. The van der Waals surface area contributed by atoms with Gasteiger partial charge in [-0.1, -0.05) is 0 Å². The summed E-state index contributed by atoms with van der Waals surface area (Å²) in [4.78, 5) is 35.7. The van der Waals surface area contributed by atoms with Crippen molar-refractivity contribution in [3.05, 3.63) is 54.1 Å². The van der Waals surface area contributed by atoms with E-state index in [2.05, 4.69) is 10.6 Å². The molecule has 2 amide bonds. The zero-order chi connectivity index (χ0) is 22.2. The first-order valence-corrected chi connectivity index (χ1v) is 10.5. The number of amides is 2. The summed E-state index contributed by atoms with van der Waals surface area (Å²) in [5, 5.41) is 14.3. The second-order valence-corrected chi connectivity index (χ2v) is 7.82. The topological polar surface area (TPSA) is 114 Å². The summed E-state index contributed by atoms with van der Waals surface area (Å²) in [5.74, 6) is 0.138. The predicted octanol–water partition coefficient (Wildman–Crippen LogP) is 3.55. The van der Waals surface area contributed by atoms with Crippen molar-refractivity contribution >= 4 is 40.9 Å². The van der Waals surface area contributed by atoms with Crippen molar-refractivity contribution in [2.45, 2.75) is 18.2 Å². The van der Waals surface area contributed by atoms with Gasteiger partial charge in [-0.15, -0.1) is 11.8 Å².